The van der Waals surface area contributed by atoms with Crippen LogP contribution in [0.25, 0.3) is 33.1 Å². The molecule has 0 N–H and O–H groups in total. The van der Waals surface area contributed by atoms with Crippen LogP contribution in [0.1, 0.15) is 107 Å². The standard InChI is InChI=1S/C43H53O6P/c1-24-16-28(5)36-30(18-24)31-19-25(2)17-29(6)37(31)48-50(47-36)49-39-33(21-27(4)23-35(39)42(10,11)12)32-20-26(3)22-34(41(7,8)9)38(32)45-40(44)46-43(13,14)15/h16-23H,1-15H3. The fourth-order valence-corrected chi connectivity index (χ4v) is 7.69. The minimum Gasteiger partial charge on any atom is -0.428 e. The number of hydrogen-bond acceptors (Lipinski definition) is 6. The molecule has 4 aromatic carbocycles. The van der Waals surface area contributed by atoms with E-state index in [-0.39, 0.29) is 10.8 Å². The van der Waals surface area contributed by atoms with E-state index in [2.05, 4.69) is 132 Å². The van der Waals surface area contributed by atoms with Crippen molar-refractivity contribution in [3.63, 3.8) is 0 Å². The van der Waals surface area contributed by atoms with Gasteiger partial charge in [-0.25, -0.2) is 4.79 Å². The van der Waals surface area contributed by atoms with Crippen molar-refractivity contribution in [1.29, 1.82) is 0 Å². The Kier molecular flexibility index (Phi) is 9.79. The normalized spacial score (nSPS) is 12.4. The van der Waals surface area contributed by atoms with Crippen LogP contribution >= 0.6 is 8.24 Å². The van der Waals surface area contributed by atoms with Gasteiger partial charge in [0.2, 0.25) is 0 Å². The fourth-order valence-electron chi connectivity index (χ4n) is 6.45. The molecule has 1 heterocycles. The molecule has 0 saturated heterocycles. The lowest BCUT2D eigenvalue weighted by Crippen LogP contribution is -2.27. The molecule has 6 nitrogen and oxygen atoms in total. The summed E-state index contributed by atoms with van der Waals surface area (Å²) < 4.78 is 32.5. The summed E-state index contributed by atoms with van der Waals surface area (Å²) in [4.78, 5) is 13.3. The first kappa shape index (κ1) is 37.1. The molecular formula is C43H53O6P. The molecule has 0 radical (unpaired) electrons. The minimum atomic E-state index is -1.99. The summed E-state index contributed by atoms with van der Waals surface area (Å²) in [5.41, 5.74) is 9.84. The quantitative estimate of drug-likeness (QED) is 0.138. The van der Waals surface area contributed by atoms with Crippen molar-refractivity contribution in [2.24, 2.45) is 0 Å². The number of benzene rings is 4. The van der Waals surface area contributed by atoms with Gasteiger partial charge in [-0.3, -0.25) is 0 Å². The zero-order valence-electron chi connectivity index (χ0n) is 32.5. The molecule has 0 unspecified atom stereocenters. The second-order valence-electron chi connectivity index (χ2n) is 16.9. The Morgan fingerprint density at radius 2 is 0.960 bits per heavy atom. The van der Waals surface area contributed by atoms with Crippen LogP contribution in [-0.2, 0) is 15.6 Å². The van der Waals surface area contributed by atoms with Gasteiger partial charge in [0.05, 0.1) is 0 Å². The molecule has 5 rings (SSSR count). The van der Waals surface area contributed by atoms with Crippen molar-refractivity contribution in [1.82, 2.24) is 0 Å². The number of fused-ring (bicyclic) bond motifs is 3. The molecular weight excluding hydrogens is 643 g/mol. The largest absolute Gasteiger partial charge is 0.514 e. The van der Waals surface area contributed by atoms with Crippen LogP contribution in [0, 0.1) is 41.5 Å². The zero-order chi connectivity index (χ0) is 37.1. The highest BCUT2D eigenvalue weighted by Crippen LogP contribution is 2.50. The Hall–Kier alpha value is -4.15. The molecule has 7 heteroatoms. The molecule has 0 spiro atoms. The van der Waals surface area contributed by atoms with Crippen LogP contribution in [0.2, 0.25) is 0 Å². The maximum Gasteiger partial charge on any atom is 0.514 e. The molecule has 266 valence electrons. The van der Waals surface area contributed by atoms with Crippen molar-refractivity contribution < 1.29 is 27.2 Å². The van der Waals surface area contributed by atoms with Gasteiger partial charge in [-0.1, -0.05) is 65.8 Å². The summed E-state index contributed by atoms with van der Waals surface area (Å²) in [6.45, 7) is 30.8. The Balaban J connectivity index is 1.88. The predicted molar refractivity (Wildman–Crippen MR) is 207 cm³/mol. The summed E-state index contributed by atoms with van der Waals surface area (Å²) in [6.07, 6.45) is -0.760. The molecule has 0 saturated carbocycles. The molecule has 0 aliphatic carbocycles. The third-order valence-electron chi connectivity index (χ3n) is 8.57. The number of aryl methyl sites for hydroxylation is 6. The van der Waals surface area contributed by atoms with Crippen molar-refractivity contribution in [3.05, 3.63) is 93.0 Å². The summed E-state index contributed by atoms with van der Waals surface area (Å²) >= 11 is 0. The first-order valence-electron chi connectivity index (χ1n) is 17.3. The van der Waals surface area contributed by atoms with Crippen LogP contribution in [0.5, 0.6) is 11.5 Å². The van der Waals surface area contributed by atoms with E-state index in [1.807, 2.05) is 20.8 Å². The van der Waals surface area contributed by atoms with Crippen LogP contribution in [0.15, 0.2) is 56.9 Å². The van der Waals surface area contributed by atoms with Gasteiger partial charge < -0.3 is 22.4 Å². The fraction of sp³-hybridized carbons (Fsp3) is 0.419. The third kappa shape index (κ3) is 7.92. The van der Waals surface area contributed by atoms with Crippen LogP contribution in [0.3, 0.4) is 0 Å². The van der Waals surface area contributed by atoms with Crippen LogP contribution in [-0.4, -0.2) is 11.8 Å². The number of carbonyl (C=O) groups is 1. The monoisotopic (exact) mass is 696 g/mol. The molecule has 0 bridgehead atoms. The predicted octanol–water partition coefficient (Wildman–Crippen LogP) is 13.6. The van der Waals surface area contributed by atoms with E-state index in [0.717, 1.165) is 77.6 Å². The topological polar surface area (TPSA) is 71.0 Å². The molecule has 0 amide bonds. The first-order chi connectivity index (χ1) is 23.0. The lowest BCUT2D eigenvalue weighted by atomic mass is 9.80. The highest BCUT2D eigenvalue weighted by Gasteiger charge is 2.31. The molecule has 50 heavy (non-hydrogen) atoms. The average Bonchev–Trinajstić information content (AvgIpc) is 3.09. The summed E-state index contributed by atoms with van der Waals surface area (Å²) in [6, 6.07) is 16.9. The average molecular weight is 697 g/mol. The summed E-state index contributed by atoms with van der Waals surface area (Å²) in [5, 5.41) is 1.97. The maximum atomic E-state index is 13.3. The second-order valence-corrected chi connectivity index (χ2v) is 17.9. The first-order valence-corrected chi connectivity index (χ1v) is 18.4. The van der Waals surface area contributed by atoms with Gasteiger partial charge in [-0.05, 0) is 131 Å². The summed E-state index contributed by atoms with van der Waals surface area (Å²) in [7, 11) is -1.99. The van der Waals surface area contributed by atoms with E-state index < -0.39 is 20.0 Å². The van der Waals surface area contributed by atoms with Crippen LogP contribution in [0.4, 0.5) is 4.79 Å². The Bertz CT molecular complexity index is 2100. The van der Waals surface area contributed by atoms with Crippen molar-refractivity contribution >= 4 is 36.3 Å². The zero-order valence-corrected chi connectivity index (χ0v) is 33.4. The van der Waals surface area contributed by atoms with Gasteiger partial charge in [0.1, 0.15) is 28.3 Å². The van der Waals surface area contributed by atoms with E-state index >= 15 is 0 Å². The molecule has 5 aromatic rings. The van der Waals surface area contributed by atoms with E-state index in [0.29, 0.717) is 11.5 Å². The third-order valence-corrected chi connectivity index (χ3v) is 9.57. The molecule has 0 atom stereocenters. The molecule has 0 aliphatic heterocycles. The molecule has 0 fully saturated rings. The molecule has 1 aromatic heterocycles. The summed E-state index contributed by atoms with van der Waals surface area (Å²) in [5.74, 6) is 1.06. The second kappa shape index (κ2) is 13.2. The van der Waals surface area contributed by atoms with Crippen molar-refractivity contribution in [3.8, 4) is 22.6 Å². The highest BCUT2D eigenvalue weighted by atomic mass is 31.1. The minimum absolute atomic E-state index is 0.323. The Morgan fingerprint density at radius 1 is 0.560 bits per heavy atom. The van der Waals surface area contributed by atoms with Gasteiger partial charge in [-0.2, -0.15) is 0 Å². The lowest BCUT2D eigenvalue weighted by Gasteiger charge is -2.28. The smallest absolute Gasteiger partial charge is 0.428 e. The Morgan fingerprint density at radius 3 is 1.38 bits per heavy atom. The van der Waals surface area contributed by atoms with Gasteiger partial charge in [-0.15, -0.1) is 0 Å². The number of carbonyl (C=O) groups excluding carboxylic acids is 1. The van der Waals surface area contributed by atoms with E-state index in [1.54, 1.807) is 0 Å². The van der Waals surface area contributed by atoms with Crippen LogP contribution < -0.4 is 9.26 Å². The number of hydrogen-bond donors (Lipinski definition) is 0. The Labute approximate surface area is 298 Å². The highest BCUT2D eigenvalue weighted by molar-refractivity contribution is 7.32. The number of rotatable bonds is 4. The lowest BCUT2D eigenvalue weighted by molar-refractivity contribution is 0.0204. The van der Waals surface area contributed by atoms with Gasteiger partial charge in [0.15, 0.2) is 0 Å². The van der Waals surface area contributed by atoms with Gasteiger partial charge >= 0.3 is 14.4 Å². The van der Waals surface area contributed by atoms with Gasteiger partial charge in [0.25, 0.3) is 0 Å². The van der Waals surface area contributed by atoms with E-state index in [1.165, 1.54) is 0 Å². The number of ether oxygens (including phenoxy) is 2. The molecule has 0 aliphatic rings. The SMILES string of the molecule is Cc1cc(-c2cc(C)cc(C(C)(C)C)c2Op2oc3c(C)cc(C)cc3c3cc(C)cc(C)c3o2)c(OC(=O)OC(C)(C)C)c(C(C)(C)C)c1. The van der Waals surface area contributed by atoms with Crippen molar-refractivity contribution in [2.75, 3.05) is 0 Å². The van der Waals surface area contributed by atoms with Crippen molar-refractivity contribution in [2.45, 2.75) is 120 Å². The van der Waals surface area contributed by atoms with E-state index in [4.69, 9.17) is 22.4 Å². The maximum absolute atomic E-state index is 13.3. The van der Waals surface area contributed by atoms with E-state index in [9.17, 15) is 4.79 Å². The van der Waals surface area contributed by atoms with Gasteiger partial charge in [0, 0.05) is 33.0 Å².